The van der Waals surface area contributed by atoms with Crippen LogP contribution >= 0.6 is 79.6 Å². The van der Waals surface area contributed by atoms with Crippen molar-refractivity contribution in [3.8, 4) is 0 Å². The Morgan fingerprint density at radius 1 is 0.256 bits per heavy atom. The molecule has 10 aromatic carbocycles. The van der Waals surface area contributed by atoms with Gasteiger partial charge in [-0.3, -0.25) is 0 Å². The van der Waals surface area contributed by atoms with E-state index in [1.54, 1.807) is 0 Å². The number of benzene rings is 10. The Balaban J connectivity index is 0.000000165. The summed E-state index contributed by atoms with van der Waals surface area (Å²) in [7, 11) is 10.4. The maximum absolute atomic E-state index is 3.51. The highest BCUT2D eigenvalue weighted by Gasteiger charge is 2.08. The van der Waals surface area contributed by atoms with E-state index in [1.807, 2.05) is 66.7 Å². The molecule has 0 radical (unpaired) electrons. The zero-order chi connectivity index (χ0) is 59.0. The molecule has 5 nitrogen and oxygen atoms in total. The minimum atomic E-state index is 1.08. The molecule has 0 aliphatic carbocycles. The van der Waals surface area contributed by atoms with Crippen LogP contribution in [0.5, 0.6) is 0 Å². The topological polar surface area (TPSA) is 16.2 Å². The molecule has 82 heavy (non-hydrogen) atoms. The Labute approximate surface area is 531 Å². The first-order chi connectivity index (χ1) is 39.5. The number of hydrogen-bond acceptors (Lipinski definition) is 5. The average molecular weight is 1410 g/mol. The van der Waals surface area contributed by atoms with Crippen LogP contribution in [-0.4, -0.2) is 35.2 Å². The van der Waals surface area contributed by atoms with Crippen molar-refractivity contribution in [1.82, 2.24) is 0 Å². The second kappa shape index (κ2) is 33.6. The summed E-state index contributed by atoms with van der Waals surface area (Å²) < 4.78 is 5.51. The van der Waals surface area contributed by atoms with Gasteiger partial charge in [0.1, 0.15) is 0 Å². The molecule has 10 aromatic rings. The quantitative estimate of drug-likeness (QED) is 0.114. The van der Waals surface area contributed by atoms with Gasteiger partial charge >= 0.3 is 0 Å². The van der Waals surface area contributed by atoms with Crippen molar-refractivity contribution >= 4 is 137 Å². The summed E-state index contributed by atoms with van der Waals surface area (Å²) in [5.74, 6) is 0. The predicted octanol–water partition coefficient (Wildman–Crippen LogP) is 23.2. The highest BCUT2D eigenvalue weighted by molar-refractivity contribution is 9.11. The van der Waals surface area contributed by atoms with E-state index in [2.05, 4.69) is 349 Å². The van der Waals surface area contributed by atoms with Gasteiger partial charge in [-0.05, 0) is 189 Å². The lowest BCUT2D eigenvalue weighted by molar-refractivity contribution is 0.921. The minimum absolute atomic E-state index is 1.08. The molecule has 0 saturated heterocycles. The van der Waals surface area contributed by atoms with Crippen LogP contribution < -0.4 is 24.5 Å². The van der Waals surface area contributed by atoms with Crippen molar-refractivity contribution < 1.29 is 0 Å². The van der Waals surface area contributed by atoms with Crippen LogP contribution in [0.4, 0.5) is 56.9 Å². The van der Waals surface area contributed by atoms with Crippen molar-refractivity contribution in [2.75, 3.05) is 59.7 Å². The molecule has 0 bridgehead atoms. The predicted molar refractivity (Wildman–Crippen MR) is 376 cm³/mol. The minimum Gasteiger partial charge on any atom is -0.345 e. The molecule has 0 atom stereocenters. The van der Waals surface area contributed by atoms with Gasteiger partial charge in [0.15, 0.2) is 0 Å². The number of hydrogen-bond donors (Lipinski definition) is 0. The second-order valence-electron chi connectivity index (χ2n) is 19.6. The third-order valence-electron chi connectivity index (χ3n) is 13.6. The summed E-state index contributed by atoms with van der Waals surface area (Å²) in [4.78, 5) is 10.9. The van der Waals surface area contributed by atoms with Crippen LogP contribution in [0.1, 0.15) is 42.5 Å². The fraction of sp³-hybridized carbons (Fsp3) is 0.167. The van der Waals surface area contributed by atoms with Crippen LogP contribution in [0.15, 0.2) is 271 Å². The summed E-state index contributed by atoms with van der Waals surface area (Å²) in [5, 5.41) is 0. The van der Waals surface area contributed by atoms with Crippen LogP contribution in [-0.2, 0) is 12.8 Å². The molecule has 0 heterocycles. The standard InChI is InChI=1S/C16H18BrN.C15H16BrN.2C14H14BrN.C13H12BrN/c1-3-5-13-8-10-15(11-9-13)18(2)16-7-4-6-14(17)12-16;1-3-12-7-9-14(10-8-12)17(2)15-6-4-5-13(16)11-15;2*1-11-6-8-13(9-7-11)16(2)14-5-3-4-12(15)10-14;1-15(12-7-3-2-4-8-12)13-9-5-6-11(14)10-13/h4,6-12H,3,5H2,1-2H3;4-11H,3H2,1-2H3;2*3-10H,1-2H3;2-10H,1H3. The van der Waals surface area contributed by atoms with Crippen molar-refractivity contribution in [2.45, 2.75) is 47.0 Å². The number of anilines is 10. The SMILES string of the molecule is CCCc1ccc(N(C)c2cccc(Br)c2)cc1.CCc1ccc(N(C)c2cccc(Br)c2)cc1.CN(c1ccccc1)c1cccc(Br)c1.Cc1ccc(N(C)c2cccc(Br)c2)cc1.Cc1ccc(N(C)c2cccc(Br)c2)cc1. The van der Waals surface area contributed by atoms with Gasteiger partial charge < -0.3 is 24.5 Å². The molecular formula is C72H74Br5N5. The average Bonchev–Trinajstić information content (AvgIpc) is 3.51. The molecule has 0 fully saturated rings. The van der Waals surface area contributed by atoms with Crippen molar-refractivity contribution in [1.29, 1.82) is 0 Å². The van der Waals surface area contributed by atoms with Crippen LogP contribution in [0.3, 0.4) is 0 Å². The lowest BCUT2D eigenvalue weighted by Gasteiger charge is -2.20. The van der Waals surface area contributed by atoms with Crippen molar-refractivity contribution in [3.05, 3.63) is 293 Å². The maximum Gasteiger partial charge on any atom is 0.0419 e. The van der Waals surface area contributed by atoms with E-state index >= 15 is 0 Å². The molecule has 10 heteroatoms. The van der Waals surface area contributed by atoms with Gasteiger partial charge in [-0.2, -0.15) is 0 Å². The number of para-hydroxylation sites is 1. The summed E-state index contributed by atoms with van der Waals surface area (Å²) in [6, 6.07) is 86.4. The Morgan fingerprint density at radius 3 is 0.732 bits per heavy atom. The van der Waals surface area contributed by atoms with E-state index in [0.717, 1.165) is 35.2 Å². The van der Waals surface area contributed by atoms with E-state index in [0.29, 0.717) is 0 Å². The molecular weight excluding hydrogens is 1330 g/mol. The molecule has 0 N–H and O–H groups in total. The van der Waals surface area contributed by atoms with Crippen LogP contribution in [0, 0.1) is 13.8 Å². The third kappa shape index (κ3) is 20.8. The van der Waals surface area contributed by atoms with Gasteiger partial charge in [-0.15, -0.1) is 0 Å². The second-order valence-corrected chi connectivity index (χ2v) is 24.2. The lowest BCUT2D eigenvalue weighted by Crippen LogP contribution is -2.09. The van der Waals surface area contributed by atoms with E-state index in [9.17, 15) is 0 Å². The maximum atomic E-state index is 3.51. The van der Waals surface area contributed by atoms with Gasteiger partial charge in [0.25, 0.3) is 0 Å². The molecule has 0 amide bonds. The van der Waals surface area contributed by atoms with Crippen LogP contribution in [0.25, 0.3) is 0 Å². The fourth-order valence-corrected chi connectivity index (χ4v) is 10.4. The van der Waals surface area contributed by atoms with Crippen molar-refractivity contribution in [2.24, 2.45) is 0 Å². The summed E-state index contributed by atoms with van der Waals surface area (Å²) in [6.07, 6.45) is 3.43. The number of nitrogens with zero attached hydrogens (tertiary/aromatic N) is 5. The van der Waals surface area contributed by atoms with E-state index in [4.69, 9.17) is 0 Å². The number of rotatable bonds is 13. The first-order valence-corrected chi connectivity index (χ1v) is 31.3. The molecule has 0 unspecified atom stereocenters. The normalized spacial score (nSPS) is 10.2. The lowest BCUT2D eigenvalue weighted by atomic mass is 10.1. The molecule has 0 saturated carbocycles. The van der Waals surface area contributed by atoms with E-state index in [-0.39, 0.29) is 0 Å². The highest BCUT2D eigenvalue weighted by atomic mass is 79.9. The van der Waals surface area contributed by atoms with Gasteiger partial charge in [-0.1, -0.05) is 208 Å². The molecule has 422 valence electrons. The largest absolute Gasteiger partial charge is 0.345 e. The van der Waals surface area contributed by atoms with Gasteiger partial charge in [-0.25, -0.2) is 0 Å². The zero-order valence-corrected chi connectivity index (χ0v) is 56.3. The molecule has 0 aliphatic rings. The third-order valence-corrected chi connectivity index (χ3v) is 16.0. The number of halogens is 5. The van der Waals surface area contributed by atoms with E-state index in [1.165, 1.54) is 85.5 Å². The summed E-state index contributed by atoms with van der Waals surface area (Å²) in [5.41, 5.74) is 17.3. The Hall–Kier alpha value is -6.40. The Bertz CT molecular complexity index is 3370. The Kier molecular flexibility index (Phi) is 26.6. The zero-order valence-electron chi connectivity index (χ0n) is 48.4. The highest BCUT2D eigenvalue weighted by Crippen LogP contribution is 2.31. The van der Waals surface area contributed by atoms with Crippen LogP contribution in [0.2, 0.25) is 0 Å². The number of aryl methyl sites for hydroxylation is 4. The smallest absolute Gasteiger partial charge is 0.0419 e. The Morgan fingerprint density at radius 2 is 0.488 bits per heavy atom. The first kappa shape index (κ1) is 64.8. The van der Waals surface area contributed by atoms with E-state index < -0.39 is 0 Å². The molecule has 0 aliphatic heterocycles. The monoisotopic (exact) mass is 1400 g/mol. The van der Waals surface area contributed by atoms with Gasteiger partial charge in [0.2, 0.25) is 0 Å². The molecule has 10 rings (SSSR count). The van der Waals surface area contributed by atoms with Gasteiger partial charge in [0, 0.05) is 114 Å². The fourth-order valence-electron chi connectivity index (χ4n) is 8.49. The first-order valence-electron chi connectivity index (χ1n) is 27.3. The van der Waals surface area contributed by atoms with Gasteiger partial charge in [0.05, 0.1) is 0 Å². The van der Waals surface area contributed by atoms with Crippen molar-refractivity contribution in [3.63, 3.8) is 0 Å². The summed E-state index contributed by atoms with van der Waals surface area (Å²) >= 11 is 17.5. The molecule has 0 aromatic heterocycles. The summed E-state index contributed by atoms with van der Waals surface area (Å²) in [6.45, 7) is 8.58. The molecule has 0 spiro atoms.